The lowest BCUT2D eigenvalue weighted by atomic mass is 9.93. The first-order valence-corrected chi connectivity index (χ1v) is 8.55. The van der Waals surface area contributed by atoms with Crippen molar-refractivity contribution in [2.75, 3.05) is 13.1 Å². The zero-order valence-corrected chi connectivity index (χ0v) is 14.4. The van der Waals surface area contributed by atoms with E-state index < -0.39 is 5.60 Å². The lowest BCUT2D eigenvalue weighted by Gasteiger charge is -2.24. The summed E-state index contributed by atoms with van der Waals surface area (Å²) in [6.07, 6.45) is 1.85. The number of carbonyl (C=O) groups is 1. The predicted molar refractivity (Wildman–Crippen MR) is 92.5 cm³/mol. The molecule has 0 saturated carbocycles. The first-order chi connectivity index (χ1) is 11.5. The predicted octanol–water partition coefficient (Wildman–Crippen LogP) is 2.40. The largest absolute Gasteiger partial charge is 0.383 e. The molecule has 1 aliphatic heterocycles. The van der Waals surface area contributed by atoms with Gasteiger partial charge < -0.3 is 10.0 Å². The van der Waals surface area contributed by atoms with Crippen molar-refractivity contribution >= 4 is 5.91 Å². The van der Waals surface area contributed by atoms with Crippen molar-refractivity contribution in [2.45, 2.75) is 45.3 Å². The second kappa shape index (κ2) is 6.77. The van der Waals surface area contributed by atoms with Crippen LogP contribution in [0, 0.1) is 13.8 Å². The van der Waals surface area contributed by atoms with Gasteiger partial charge in [-0.05, 0) is 38.3 Å². The highest BCUT2D eigenvalue weighted by Gasteiger charge is 2.39. The van der Waals surface area contributed by atoms with Gasteiger partial charge in [0, 0.05) is 25.2 Å². The third-order valence-corrected chi connectivity index (χ3v) is 4.78. The molecule has 0 radical (unpaired) electrons. The Bertz CT molecular complexity index is 711. The molecule has 3 rings (SSSR count). The second-order valence-corrected chi connectivity index (χ2v) is 6.72. The fraction of sp³-hybridized carbons (Fsp3) is 0.474. The maximum Gasteiger partial charge on any atom is 0.222 e. The SMILES string of the molecule is Cc1cc(C)n(CCCC(=O)N2CC[C@@](O)(c3ccccc3)C2)n1. The Balaban J connectivity index is 1.52. The molecule has 5 nitrogen and oxygen atoms in total. The minimum Gasteiger partial charge on any atom is -0.383 e. The van der Waals surface area contributed by atoms with Gasteiger partial charge in [-0.3, -0.25) is 9.48 Å². The van der Waals surface area contributed by atoms with Gasteiger partial charge in [-0.1, -0.05) is 30.3 Å². The number of rotatable bonds is 5. The topological polar surface area (TPSA) is 58.4 Å². The van der Waals surface area contributed by atoms with E-state index in [4.69, 9.17) is 0 Å². The quantitative estimate of drug-likeness (QED) is 0.917. The minimum atomic E-state index is -0.910. The Kier molecular flexibility index (Phi) is 4.71. The van der Waals surface area contributed by atoms with Crippen LogP contribution >= 0.6 is 0 Å². The minimum absolute atomic E-state index is 0.114. The summed E-state index contributed by atoms with van der Waals surface area (Å²) < 4.78 is 1.95. The number of β-amino-alcohol motifs (C(OH)–C–C–N with tert-alkyl or cyclic N) is 1. The van der Waals surface area contributed by atoms with Gasteiger partial charge in [-0.15, -0.1) is 0 Å². The maximum atomic E-state index is 12.4. The molecule has 2 aromatic rings. The number of aliphatic hydroxyl groups is 1. The first kappa shape index (κ1) is 16.7. The zero-order valence-electron chi connectivity index (χ0n) is 14.4. The summed E-state index contributed by atoms with van der Waals surface area (Å²) in [4.78, 5) is 14.2. The number of hydrogen-bond acceptors (Lipinski definition) is 3. The first-order valence-electron chi connectivity index (χ1n) is 8.55. The second-order valence-electron chi connectivity index (χ2n) is 6.72. The molecular weight excluding hydrogens is 302 g/mol. The van der Waals surface area contributed by atoms with Crippen molar-refractivity contribution in [3.05, 3.63) is 53.3 Å². The van der Waals surface area contributed by atoms with Gasteiger partial charge in [0.25, 0.3) is 0 Å². The van der Waals surface area contributed by atoms with Crippen molar-refractivity contribution in [3.63, 3.8) is 0 Å². The van der Waals surface area contributed by atoms with Crippen LogP contribution in [0.4, 0.5) is 0 Å². The Morgan fingerprint density at radius 1 is 1.29 bits per heavy atom. The van der Waals surface area contributed by atoms with Crippen LogP contribution in [0.3, 0.4) is 0 Å². The van der Waals surface area contributed by atoms with Crippen LogP contribution in [0.2, 0.25) is 0 Å². The number of nitrogens with zero attached hydrogens (tertiary/aromatic N) is 3. The van der Waals surface area contributed by atoms with Crippen LogP contribution in [0.1, 0.15) is 36.2 Å². The van der Waals surface area contributed by atoms with Gasteiger partial charge in [0.1, 0.15) is 5.60 Å². The maximum absolute atomic E-state index is 12.4. The standard InChI is InChI=1S/C19H25N3O2/c1-15-13-16(2)22(20-15)11-6-9-18(23)21-12-10-19(24,14-21)17-7-4-3-5-8-17/h3-5,7-8,13,24H,6,9-12,14H2,1-2H3/t19-/m0/s1. The van der Waals surface area contributed by atoms with E-state index in [1.165, 1.54) is 0 Å². The molecule has 24 heavy (non-hydrogen) atoms. The number of carbonyl (C=O) groups excluding carboxylic acids is 1. The summed E-state index contributed by atoms with van der Waals surface area (Å²) in [6.45, 7) is 5.76. The van der Waals surface area contributed by atoms with E-state index in [0.29, 0.717) is 25.9 Å². The number of hydrogen-bond donors (Lipinski definition) is 1. The molecule has 128 valence electrons. The van der Waals surface area contributed by atoms with Crippen LogP contribution in [-0.4, -0.2) is 38.8 Å². The number of likely N-dealkylation sites (tertiary alicyclic amines) is 1. The van der Waals surface area contributed by atoms with E-state index >= 15 is 0 Å². The van der Waals surface area contributed by atoms with Gasteiger partial charge in [0.05, 0.1) is 12.2 Å². The van der Waals surface area contributed by atoms with E-state index in [-0.39, 0.29) is 5.91 Å². The monoisotopic (exact) mass is 327 g/mol. The molecule has 1 aromatic carbocycles. The van der Waals surface area contributed by atoms with Crippen LogP contribution in [-0.2, 0) is 16.9 Å². The van der Waals surface area contributed by atoms with Gasteiger partial charge in [-0.25, -0.2) is 0 Å². The molecule has 1 amide bonds. The van der Waals surface area contributed by atoms with Crippen LogP contribution < -0.4 is 0 Å². The number of aryl methyl sites for hydroxylation is 3. The zero-order chi connectivity index (χ0) is 17.2. The molecular formula is C19H25N3O2. The molecule has 5 heteroatoms. The highest BCUT2D eigenvalue weighted by atomic mass is 16.3. The van der Waals surface area contributed by atoms with Crippen LogP contribution in [0.15, 0.2) is 36.4 Å². The molecule has 1 aromatic heterocycles. The van der Waals surface area contributed by atoms with Gasteiger partial charge in [0.15, 0.2) is 0 Å². The van der Waals surface area contributed by atoms with E-state index in [1.807, 2.05) is 54.9 Å². The highest BCUT2D eigenvalue weighted by Crippen LogP contribution is 2.32. The van der Waals surface area contributed by atoms with Crippen molar-refractivity contribution in [1.29, 1.82) is 0 Å². The summed E-state index contributed by atoms with van der Waals surface area (Å²) in [5.41, 5.74) is 2.11. The lowest BCUT2D eigenvalue weighted by Crippen LogP contribution is -2.34. The van der Waals surface area contributed by atoms with E-state index in [0.717, 1.165) is 29.9 Å². The van der Waals surface area contributed by atoms with Crippen LogP contribution in [0.5, 0.6) is 0 Å². The molecule has 1 saturated heterocycles. The van der Waals surface area contributed by atoms with Crippen molar-refractivity contribution < 1.29 is 9.90 Å². The highest BCUT2D eigenvalue weighted by molar-refractivity contribution is 5.76. The summed E-state index contributed by atoms with van der Waals surface area (Å²) in [5.74, 6) is 0.114. The molecule has 0 spiro atoms. The third kappa shape index (κ3) is 3.51. The molecule has 0 unspecified atom stereocenters. The summed E-state index contributed by atoms with van der Waals surface area (Å²) in [6, 6.07) is 11.7. The summed E-state index contributed by atoms with van der Waals surface area (Å²) in [7, 11) is 0. The average molecular weight is 327 g/mol. The van der Waals surface area contributed by atoms with Gasteiger partial charge in [-0.2, -0.15) is 5.10 Å². The number of aromatic nitrogens is 2. The smallest absolute Gasteiger partial charge is 0.222 e. The third-order valence-electron chi connectivity index (χ3n) is 4.78. The van der Waals surface area contributed by atoms with Gasteiger partial charge >= 0.3 is 0 Å². The van der Waals surface area contributed by atoms with E-state index in [2.05, 4.69) is 5.10 Å². The molecule has 0 bridgehead atoms. The molecule has 0 aliphatic carbocycles. The summed E-state index contributed by atoms with van der Waals surface area (Å²) in [5, 5.41) is 15.2. The Hall–Kier alpha value is -2.14. The number of amides is 1. The molecule has 1 N–H and O–H groups in total. The molecule has 1 fully saturated rings. The van der Waals surface area contributed by atoms with Crippen LogP contribution in [0.25, 0.3) is 0 Å². The Morgan fingerprint density at radius 3 is 2.71 bits per heavy atom. The van der Waals surface area contributed by atoms with E-state index in [1.54, 1.807) is 4.90 Å². The molecule has 2 heterocycles. The normalized spacial score (nSPS) is 20.5. The number of benzene rings is 1. The van der Waals surface area contributed by atoms with E-state index in [9.17, 15) is 9.90 Å². The van der Waals surface area contributed by atoms with Crippen molar-refractivity contribution in [1.82, 2.24) is 14.7 Å². The summed E-state index contributed by atoms with van der Waals surface area (Å²) >= 11 is 0. The van der Waals surface area contributed by atoms with Gasteiger partial charge in [0.2, 0.25) is 5.91 Å². The molecule has 1 atom stereocenters. The van der Waals surface area contributed by atoms with Crippen molar-refractivity contribution in [3.8, 4) is 0 Å². The fourth-order valence-corrected chi connectivity index (χ4v) is 3.43. The lowest BCUT2D eigenvalue weighted by molar-refractivity contribution is -0.131. The average Bonchev–Trinajstić information content (AvgIpc) is 3.12. The fourth-order valence-electron chi connectivity index (χ4n) is 3.43. The van der Waals surface area contributed by atoms with Crippen molar-refractivity contribution in [2.24, 2.45) is 0 Å². The molecule has 1 aliphatic rings. The Labute approximate surface area is 142 Å². The Morgan fingerprint density at radius 2 is 2.04 bits per heavy atom.